The zero-order valence-electron chi connectivity index (χ0n) is 11.4. The Morgan fingerprint density at radius 1 is 1.58 bits per heavy atom. The molecule has 0 aliphatic carbocycles. The van der Waals surface area contributed by atoms with Crippen LogP contribution >= 0.6 is 0 Å². The fraction of sp³-hybridized carbons (Fsp3) is 0.429. The van der Waals surface area contributed by atoms with Crippen molar-refractivity contribution in [1.29, 1.82) is 5.26 Å². The number of nitrogens with two attached hydrogens (primary N) is 1. The molecule has 1 aromatic rings. The van der Waals surface area contributed by atoms with Crippen molar-refractivity contribution >= 4 is 11.6 Å². The second-order valence-corrected chi connectivity index (χ2v) is 4.43. The fourth-order valence-corrected chi connectivity index (χ4v) is 1.59. The third-order valence-corrected chi connectivity index (χ3v) is 3.15. The maximum Gasteiger partial charge on any atom is 0.241 e. The third-order valence-electron chi connectivity index (χ3n) is 3.15. The molecule has 5 heteroatoms. The van der Waals surface area contributed by atoms with E-state index in [-0.39, 0.29) is 11.8 Å². The summed E-state index contributed by atoms with van der Waals surface area (Å²) in [5.41, 5.74) is 6.85. The molecule has 1 amide bonds. The normalized spacial score (nSPS) is 13.2. The zero-order chi connectivity index (χ0) is 14.4. The van der Waals surface area contributed by atoms with Gasteiger partial charge in [0.15, 0.2) is 0 Å². The summed E-state index contributed by atoms with van der Waals surface area (Å²) in [6.07, 6.45) is 0.832. The van der Waals surface area contributed by atoms with Crippen LogP contribution in [0.25, 0.3) is 0 Å². The number of nitriles is 1. The highest BCUT2D eigenvalue weighted by Crippen LogP contribution is 2.25. The van der Waals surface area contributed by atoms with Crippen molar-refractivity contribution in [2.45, 2.75) is 26.3 Å². The minimum absolute atomic E-state index is 0.101. The van der Waals surface area contributed by atoms with E-state index in [1.54, 1.807) is 18.2 Å². The van der Waals surface area contributed by atoms with Gasteiger partial charge in [0.1, 0.15) is 5.75 Å². The number of carbonyl (C=O) groups is 1. The minimum Gasteiger partial charge on any atom is -0.495 e. The Morgan fingerprint density at radius 2 is 2.26 bits per heavy atom. The molecule has 0 aliphatic heterocycles. The molecule has 0 bridgehead atoms. The van der Waals surface area contributed by atoms with Gasteiger partial charge in [-0.3, -0.25) is 4.79 Å². The van der Waals surface area contributed by atoms with Crippen molar-refractivity contribution in [3.8, 4) is 11.8 Å². The van der Waals surface area contributed by atoms with Crippen LogP contribution in [0.5, 0.6) is 5.75 Å². The van der Waals surface area contributed by atoms with Crippen LogP contribution in [0.3, 0.4) is 0 Å². The highest BCUT2D eigenvalue weighted by molar-refractivity contribution is 5.96. The maximum absolute atomic E-state index is 12.0. The van der Waals surface area contributed by atoms with E-state index in [1.165, 1.54) is 7.11 Å². The van der Waals surface area contributed by atoms with Gasteiger partial charge in [-0.25, -0.2) is 0 Å². The first-order valence-corrected chi connectivity index (χ1v) is 6.18. The van der Waals surface area contributed by atoms with E-state index in [0.29, 0.717) is 17.0 Å². The van der Waals surface area contributed by atoms with Gasteiger partial charge in [0.25, 0.3) is 0 Å². The smallest absolute Gasteiger partial charge is 0.241 e. The lowest BCUT2D eigenvalue weighted by molar-refractivity contribution is -0.118. The molecule has 0 radical (unpaired) electrons. The van der Waals surface area contributed by atoms with E-state index >= 15 is 0 Å². The van der Waals surface area contributed by atoms with Crippen LogP contribution in [0.15, 0.2) is 18.2 Å². The summed E-state index contributed by atoms with van der Waals surface area (Å²) < 4.78 is 5.15. The van der Waals surface area contributed by atoms with Crippen molar-refractivity contribution in [3.63, 3.8) is 0 Å². The Bertz CT molecular complexity index is 494. The van der Waals surface area contributed by atoms with Gasteiger partial charge in [-0.15, -0.1) is 0 Å². The third kappa shape index (κ3) is 3.70. The highest BCUT2D eigenvalue weighted by Gasteiger charge is 2.20. The first-order chi connectivity index (χ1) is 9.03. The van der Waals surface area contributed by atoms with Crippen LogP contribution in [0.2, 0.25) is 0 Å². The molecule has 5 nitrogen and oxygen atoms in total. The topological polar surface area (TPSA) is 88.1 Å². The standard InChI is InChI=1S/C14H19N3O2/c1-4-9(2)13(16)14(18)17-11-6-5-10(8-15)7-12(11)19-3/h5-7,9,13H,4,16H2,1-3H3,(H,17,18)/t9?,13-/m0/s1. The number of hydrogen-bond donors (Lipinski definition) is 2. The second kappa shape index (κ2) is 6.76. The van der Waals surface area contributed by atoms with Crippen LogP contribution < -0.4 is 15.8 Å². The molecule has 0 spiro atoms. The molecule has 1 aromatic carbocycles. The minimum atomic E-state index is -0.564. The Labute approximate surface area is 113 Å². The molecular weight excluding hydrogens is 242 g/mol. The van der Waals surface area contributed by atoms with Crippen LogP contribution in [-0.2, 0) is 4.79 Å². The number of nitrogens with one attached hydrogen (secondary N) is 1. The SMILES string of the molecule is CCC(C)[C@H](N)C(=O)Nc1ccc(C#N)cc1OC. The summed E-state index contributed by atoms with van der Waals surface area (Å²) in [5.74, 6) is 0.297. The van der Waals surface area contributed by atoms with Gasteiger partial charge in [0, 0.05) is 6.07 Å². The number of rotatable bonds is 5. The van der Waals surface area contributed by atoms with Gasteiger partial charge >= 0.3 is 0 Å². The van der Waals surface area contributed by atoms with Gasteiger partial charge in [0.05, 0.1) is 30.5 Å². The van der Waals surface area contributed by atoms with Crippen molar-refractivity contribution < 1.29 is 9.53 Å². The number of benzene rings is 1. The summed E-state index contributed by atoms with van der Waals surface area (Å²) in [5, 5.41) is 11.5. The van der Waals surface area contributed by atoms with E-state index in [4.69, 9.17) is 15.7 Å². The van der Waals surface area contributed by atoms with Crippen LogP contribution in [-0.4, -0.2) is 19.1 Å². The predicted molar refractivity (Wildman–Crippen MR) is 73.8 cm³/mol. The second-order valence-electron chi connectivity index (χ2n) is 4.43. The molecule has 1 rings (SSSR count). The van der Waals surface area contributed by atoms with Gasteiger partial charge in [0.2, 0.25) is 5.91 Å². The van der Waals surface area contributed by atoms with Gasteiger partial charge < -0.3 is 15.8 Å². The number of anilines is 1. The van der Waals surface area contributed by atoms with E-state index in [0.717, 1.165) is 6.42 Å². The van der Waals surface area contributed by atoms with E-state index < -0.39 is 6.04 Å². The summed E-state index contributed by atoms with van der Waals surface area (Å²) in [6, 6.07) is 6.28. The molecule has 19 heavy (non-hydrogen) atoms. The number of ether oxygens (including phenoxy) is 1. The van der Waals surface area contributed by atoms with E-state index in [2.05, 4.69) is 5.32 Å². The molecule has 2 atom stereocenters. The molecule has 0 saturated heterocycles. The molecule has 0 heterocycles. The van der Waals surface area contributed by atoms with E-state index in [9.17, 15) is 4.79 Å². The largest absolute Gasteiger partial charge is 0.495 e. The van der Waals surface area contributed by atoms with E-state index in [1.807, 2.05) is 19.9 Å². The first kappa shape index (κ1) is 15.0. The highest BCUT2D eigenvalue weighted by atomic mass is 16.5. The fourth-order valence-electron chi connectivity index (χ4n) is 1.59. The Kier molecular flexibility index (Phi) is 5.34. The van der Waals surface area contributed by atoms with Crippen molar-refractivity contribution in [1.82, 2.24) is 0 Å². The summed E-state index contributed by atoms with van der Waals surface area (Å²) >= 11 is 0. The number of hydrogen-bond acceptors (Lipinski definition) is 4. The lowest BCUT2D eigenvalue weighted by atomic mass is 9.99. The van der Waals surface area contributed by atoms with Crippen molar-refractivity contribution in [2.24, 2.45) is 11.7 Å². The molecule has 0 aliphatic rings. The Balaban J connectivity index is 2.88. The Hall–Kier alpha value is -2.06. The monoisotopic (exact) mass is 261 g/mol. The molecular formula is C14H19N3O2. The lowest BCUT2D eigenvalue weighted by Gasteiger charge is -2.18. The summed E-state index contributed by atoms with van der Waals surface area (Å²) in [4.78, 5) is 12.0. The molecule has 3 N–H and O–H groups in total. The number of nitrogens with zero attached hydrogens (tertiary/aromatic N) is 1. The van der Waals surface area contributed by atoms with Crippen LogP contribution in [0, 0.1) is 17.2 Å². The van der Waals surface area contributed by atoms with Gasteiger partial charge in [-0.05, 0) is 18.1 Å². The van der Waals surface area contributed by atoms with Crippen LogP contribution in [0.1, 0.15) is 25.8 Å². The number of amides is 1. The quantitative estimate of drug-likeness (QED) is 0.847. The molecule has 0 aromatic heterocycles. The molecule has 0 saturated carbocycles. The molecule has 1 unspecified atom stereocenters. The van der Waals surface area contributed by atoms with Gasteiger partial charge in [-0.1, -0.05) is 20.3 Å². The lowest BCUT2D eigenvalue weighted by Crippen LogP contribution is -2.40. The van der Waals surface area contributed by atoms with Crippen LogP contribution in [0.4, 0.5) is 5.69 Å². The maximum atomic E-state index is 12.0. The number of methoxy groups -OCH3 is 1. The molecule has 0 fully saturated rings. The molecule has 102 valence electrons. The average Bonchev–Trinajstić information content (AvgIpc) is 2.45. The van der Waals surface area contributed by atoms with Gasteiger partial charge in [-0.2, -0.15) is 5.26 Å². The summed E-state index contributed by atoms with van der Waals surface area (Å²) in [6.45, 7) is 3.92. The Morgan fingerprint density at radius 3 is 2.79 bits per heavy atom. The average molecular weight is 261 g/mol. The summed E-state index contributed by atoms with van der Waals surface area (Å²) in [7, 11) is 1.49. The van der Waals surface area contributed by atoms with Crippen molar-refractivity contribution in [3.05, 3.63) is 23.8 Å². The number of carbonyl (C=O) groups excluding carboxylic acids is 1. The predicted octanol–water partition coefficient (Wildman–Crippen LogP) is 1.88. The van der Waals surface area contributed by atoms with Crippen molar-refractivity contribution in [2.75, 3.05) is 12.4 Å². The first-order valence-electron chi connectivity index (χ1n) is 6.18. The zero-order valence-corrected chi connectivity index (χ0v) is 11.4.